The molecule has 1 heterocycles. The summed E-state index contributed by atoms with van der Waals surface area (Å²) in [6.07, 6.45) is -1.78. The van der Waals surface area contributed by atoms with Crippen molar-refractivity contribution in [2.24, 2.45) is 0 Å². The van der Waals surface area contributed by atoms with Crippen LogP contribution in [0, 0.1) is 17.0 Å². The lowest BCUT2D eigenvalue weighted by molar-refractivity contribution is -0.387. The Hall–Kier alpha value is -3.46. The standard InChI is InChI=1S/C21H22N2O7/c1-14-7-6-10-16(17(14)23(26)27)19-18(20(24)28-2)22(11-12-29-19)21(25)30-13-15-8-4-3-5-9-15/h3-10,18-19H,11-13H2,1-2H3. The zero-order valence-corrected chi connectivity index (χ0v) is 16.6. The van der Waals surface area contributed by atoms with Crippen LogP contribution in [0.25, 0.3) is 0 Å². The Kier molecular flexibility index (Phi) is 6.63. The number of nitrogens with zero attached hydrogens (tertiary/aromatic N) is 2. The number of hydrogen-bond donors (Lipinski definition) is 0. The van der Waals surface area contributed by atoms with E-state index in [1.807, 2.05) is 30.3 Å². The van der Waals surface area contributed by atoms with Crippen LogP contribution in [-0.2, 0) is 25.6 Å². The first-order valence-electron chi connectivity index (χ1n) is 9.34. The largest absolute Gasteiger partial charge is 0.467 e. The summed E-state index contributed by atoms with van der Waals surface area (Å²) in [5.74, 6) is -0.743. The van der Waals surface area contributed by atoms with Crippen LogP contribution in [0.3, 0.4) is 0 Å². The van der Waals surface area contributed by atoms with Crippen molar-refractivity contribution in [1.82, 2.24) is 4.90 Å². The van der Waals surface area contributed by atoms with Gasteiger partial charge in [0, 0.05) is 12.1 Å². The highest BCUT2D eigenvalue weighted by Gasteiger charge is 2.45. The lowest BCUT2D eigenvalue weighted by Crippen LogP contribution is -2.54. The lowest BCUT2D eigenvalue weighted by atomic mass is 9.96. The summed E-state index contributed by atoms with van der Waals surface area (Å²) in [5, 5.41) is 11.6. The number of ether oxygens (including phenoxy) is 3. The second kappa shape index (κ2) is 9.36. The monoisotopic (exact) mass is 414 g/mol. The summed E-state index contributed by atoms with van der Waals surface area (Å²) in [6, 6.07) is 12.7. The van der Waals surface area contributed by atoms with Gasteiger partial charge in [0.05, 0.1) is 24.2 Å². The third-order valence-corrected chi connectivity index (χ3v) is 4.89. The van der Waals surface area contributed by atoms with E-state index in [0.29, 0.717) is 5.56 Å². The molecule has 1 aliphatic rings. The number of rotatable bonds is 5. The van der Waals surface area contributed by atoms with Gasteiger partial charge in [-0.3, -0.25) is 15.0 Å². The third kappa shape index (κ3) is 4.41. The molecule has 0 N–H and O–H groups in total. The van der Waals surface area contributed by atoms with Crippen molar-refractivity contribution in [3.8, 4) is 0 Å². The molecule has 158 valence electrons. The molecule has 30 heavy (non-hydrogen) atoms. The molecule has 2 aromatic rings. The fraction of sp³-hybridized carbons (Fsp3) is 0.333. The average molecular weight is 414 g/mol. The van der Waals surface area contributed by atoms with Crippen molar-refractivity contribution in [3.05, 3.63) is 75.3 Å². The number of nitro groups is 1. The van der Waals surface area contributed by atoms with E-state index in [9.17, 15) is 19.7 Å². The van der Waals surface area contributed by atoms with E-state index >= 15 is 0 Å². The summed E-state index contributed by atoms with van der Waals surface area (Å²) in [5.41, 5.74) is 1.26. The van der Waals surface area contributed by atoms with E-state index in [2.05, 4.69) is 0 Å². The fourth-order valence-corrected chi connectivity index (χ4v) is 3.47. The molecule has 0 bridgehead atoms. The van der Waals surface area contributed by atoms with E-state index in [4.69, 9.17) is 14.2 Å². The van der Waals surface area contributed by atoms with Crippen molar-refractivity contribution in [3.63, 3.8) is 0 Å². The average Bonchev–Trinajstić information content (AvgIpc) is 2.76. The fourth-order valence-electron chi connectivity index (χ4n) is 3.47. The van der Waals surface area contributed by atoms with Crippen LogP contribution >= 0.6 is 0 Å². The number of nitro benzene ring substituents is 1. The minimum Gasteiger partial charge on any atom is -0.467 e. The number of methoxy groups -OCH3 is 1. The number of hydrogen-bond acceptors (Lipinski definition) is 7. The molecule has 0 spiro atoms. The third-order valence-electron chi connectivity index (χ3n) is 4.89. The number of esters is 1. The Morgan fingerprint density at radius 3 is 2.60 bits per heavy atom. The van der Waals surface area contributed by atoms with Gasteiger partial charge < -0.3 is 14.2 Å². The molecule has 2 atom stereocenters. The molecule has 3 rings (SSSR count). The number of para-hydroxylation sites is 1. The molecule has 1 aliphatic heterocycles. The van der Waals surface area contributed by atoms with Gasteiger partial charge in [0.2, 0.25) is 0 Å². The van der Waals surface area contributed by atoms with Crippen molar-refractivity contribution in [2.75, 3.05) is 20.3 Å². The molecule has 0 radical (unpaired) electrons. The molecule has 1 saturated heterocycles. The van der Waals surface area contributed by atoms with Crippen LogP contribution in [0.5, 0.6) is 0 Å². The Bertz CT molecular complexity index is 932. The van der Waals surface area contributed by atoms with E-state index in [1.54, 1.807) is 19.1 Å². The summed E-state index contributed by atoms with van der Waals surface area (Å²) in [6.45, 7) is 1.80. The van der Waals surface area contributed by atoms with Gasteiger partial charge in [-0.1, -0.05) is 42.5 Å². The summed E-state index contributed by atoms with van der Waals surface area (Å²) < 4.78 is 16.0. The molecule has 2 aromatic carbocycles. The number of carbonyl (C=O) groups is 2. The van der Waals surface area contributed by atoms with Gasteiger partial charge in [-0.25, -0.2) is 9.59 Å². The highest BCUT2D eigenvalue weighted by molar-refractivity contribution is 5.83. The molecular formula is C21H22N2O7. The number of morpholine rings is 1. The van der Waals surface area contributed by atoms with Gasteiger partial charge in [0.15, 0.2) is 6.04 Å². The van der Waals surface area contributed by atoms with Crippen LogP contribution in [0.15, 0.2) is 48.5 Å². The van der Waals surface area contributed by atoms with Gasteiger partial charge in [0.1, 0.15) is 12.7 Å². The van der Waals surface area contributed by atoms with E-state index < -0.39 is 29.1 Å². The van der Waals surface area contributed by atoms with E-state index in [0.717, 1.165) is 5.56 Å². The quantitative estimate of drug-likeness (QED) is 0.420. The maximum Gasteiger partial charge on any atom is 0.411 e. The van der Waals surface area contributed by atoms with Gasteiger partial charge in [-0.15, -0.1) is 0 Å². The maximum atomic E-state index is 12.8. The second-order valence-electron chi connectivity index (χ2n) is 6.76. The molecule has 1 fully saturated rings. The van der Waals surface area contributed by atoms with Crippen molar-refractivity contribution < 1.29 is 28.7 Å². The van der Waals surface area contributed by atoms with Gasteiger partial charge in [-0.05, 0) is 18.6 Å². The predicted molar refractivity (Wildman–Crippen MR) is 106 cm³/mol. The Morgan fingerprint density at radius 2 is 1.93 bits per heavy atom. The van der Waals surface area contributed by atoms with Crippen LogP contribution in [0.4, 0.5) is 10.5 Å². The molecule has 1 amide bonds. The minimum absolute atomic E-state index is 0.0280. The molecule has 0 saturated carbocycles. The van der Waals surface area contributed by atoms with Crippen LogP contribution in [-0.4, -0.2) is 48.2 Å². The highest BCUT2D eigenvalue weighted by Crippen LogP contribution is 2.36. The number of aryl methyl sites for hydroxylation is 1. The number of amides is 1. The topological polar surface area (TPSA) is 108 Å². The van der Waals surface area contributed by atoms with Crippen molar-refractivity contribution >= 4 is 17.7 Å². The van der Waals surface area contributed by atoms with Crippen molar-refractivity contribution in [2.45, 2.75) is 25.7 Å². The first-order chi connectivity index (χ1) is 14.4. The first-order valence-corrected chi connectivity index (χ1v) is 9.34. The maximum absolute atomic E-state index is 12.8. The molecule has 0 aliphatic carbocycles. The highest BCUT2D eigenvalue weighted by atomic mass is 16.6. The van der Waals surface area contributed by atoms with Crippen LogP contribution < -0.4 is 0 Å². The summed E-state index contributed by atoms with van der Waals surface area (Å²) in [7, 11) is 1.19. The van der Waals surface area contributed by atoms with E-state index in [-0.39, 0.29) is 31.0 Å². The van der Waals surface area contributed by atoms with Crippen molar-refractivity contribution in [1.29, 1.82) is 0 Å². The van der Waals surface area contributed by atoms with Gasteiger partial charge in [0.25, 0.3) is 5.69 Å². The molecule has 9 heteroatoms. The number of carbonyl (C=O) groups excluding carboxylic acids is 2. The van der Waals surface area contributed by atoms with Gasteiger partial charge >= 0.3 is 12.1 Å². The number of benzene rings is 2. The molecule has 0 aromatic heterocycles. The minimum atomic E-state index is -1.22. The molecule has 9 nitrogen and oxygen atoms in total. The predicted octanol–water partition coefficient (Wildman–Crippen LogP) is 3.15. The van der Waals surface area contributed by atoms with Crippen LogP contribution in [0.1, 0.15) is 22.8 Å². The lowest BCUT2D eigenvalue weighted by Gasteiger charge is -2.38. The first kappa shape index (κ1) is 21.3. The zero-order valence-electron chi connectivity index (χ0n) is 16.6. The summed E-state index contributed by atoms with van der Waals surface area (Å²) in [4.78, 5) is 37.7. The summed E-state index contributed by atoms with van der Waals surface area (Å²) >= 11 is 0. The van der Waals surface area contributed by atoms with E-state index in [1.165, 1.54) is 18.1 Å². The normalized spacial score (nSPS) is 18.5. The molecular weight excluding hydrogens is 392 g/mol. The molecule has 2 unspecified atom stereocenters. The zero-order chi connectivity index (χ0) is 21.7. The van der Waals surface area contributed by atoms with Gasteiger partial charge in [-0.2, -0.15) is 0 Å². The van der Waals surface area contributed by atoms with Crippen LogP contribution in [0.2, 0.25) is 0 Å². The SMILES string of the molecule is COC(=O)C1C(c2cccc(C)c2[N+](=O)[O-])OCCN1C(=O)OCc1ccccc1. The Morgan fingerprint density at radius 1 is 1.20 bits per heavy atom. The Balaban J connectivity index is 1.90. The Labute approximate surface area is 173 Å². The smallest absolute Gasteiger partial charge is 0.411 e. The second-order valence-corrected chi connectivity index (χ2v) is 6.76.